The molecule has 0 spiro atoms. The van der Waals surface area contributed by atoms with Gasteiger partial charge in [0.25, 0.3) is 0 Å². The van der Waals surface area contributed by atoms with Crippen molar-refractivity contribution in [3.05, 3.63) is 64.8 Å². The molecule has 44 heavy (non-hydrogen) atoms. The maximum Gasteiger partial charge on any atom is 0.416 e. The minimum Gasteiger partial charge on any atom is -0.351 e. The third-order valence-corrected chi connectivity index (χ3v) is 7.78. The molecule has 1 aliphatic rings. The summed E-state index contributed by atoms with van der Waals surface area (Å²) in [6.07, 6.45) is -4.54. The fourth-order valence-electron chi connectivity index (χ4n) is 5.50. The topological polar surface area (TPSA) is 111 Å². The van der Waals surface area contributed by atoms with E-state index in [1.165, 1.54) is 4.68 Å². The van der Waals surface area contributed by atoms with Gasteiger partial charge in [-0.2, -0.15) is 31.4 Å². The first-order valence-corrected chi connectivity index (χ1v) is 14.1. The number of amides is 1. The van der Waals surface area contributed by atoms with Crippen molar-refractivity contribution in [2.75, 3.05) is 10.6 Å². The lowest BCUT2D eigenvalue weighted by atomic mass is 9.92. The second-order valence-corrected chi connectivity index (χ2v) is 11.0. The molecule has 4 N–H and O–H groups in total. The van der Waals surface area contributed by atoms with E-state index in [1.807, 2.05) is 19.1 Å². The summed E-state index contributed by atoms with van der Waals surface area (Å²) in [4.78, 5) is 22.0. The van der Waals surface area contributed by atoms with Gasteiger partial charge in [-0.1, -0.05) is 6.92 Å². The molecule has 1 amide bonds. The molecule has 2 heterocycles. The van der Waals surface area contributed by atoms with E-state index < -0.39 is 41.4 Å². The number of hydrogen-bond donors (Lipinski definition) is 3. The number of carbonyl (C=O) groups is 1. The first kappa shape index (κ1) is 31.2. The molecule has 14 heteroatoms. The standard InChI is InChI=1S/C30H31F6N7O/c1-3-16-10-18(11-19-15-38-28(41-27(16)19)39-22-7-5-21(37)6-8-22)24-14-25(42-43(24)2)40-26(44)13-17-12-20(29(31,32)33)4-9-23(17)30(34,35)36/h4,9-12,14-15,21-22H,3,5-8,13,37H2,1-2H3,(H,38,39,41)(H,40,42,44)/t21-,22-. The van der Waals surface area contributed by atoms with Crippen LogP contribution in [0.4, 0.5) is 38.1 Å². The average Bonchev–Trinajstić information content (AvgIpc) is 3.31. The quantitative estimate of drug-likeness (QED) is 0.204. The number of nitrogens with one attached hydrogen (secondary N) is 2. The Kier molecular flexibility index (Phi) is 8.56. The first-order valence-electron chi connectivity index (χ1n) is 14.1. The molecule has 4 aromatic rings. The van der Waals surface area contributed by atoms with E-state index in [0.29, 0.717) is 36.3 Å². The number of nitrogens with two attached hydrogens (primary N) is 1. The summed E-state index contributed by atoms with van der Waals surface area (Å²) in [5.74, 6) is -0.366. The van der Waals surface area contributed by atoms with E-state index in [4.69, 9.17) is 10.7 Å². The molecular weight excluding hydrogens is 588 g/mol. The van der Waals surface area contributed by atoms with Crippen molar-refractivity contribution in [1.82, 2.24) is 19.7 Å². The maximum absolute atomic E-state index is 13.5. The molecule has 1 aliphatic carbocycles. The summed E-state index contributed by atoms with van der Waals surface area (Å²) >= 11 is 0. The van der Waals surface area contributed by atoms with Crippen LogP contribution in [-0.2, 0) is 37.0 Å². The second kappa shape index (κ2) is 12.1. The number of aryl methyl sites for hydroxylation is 2. The fourth-order valence-corrected chi connectivity index (χ4v) is 5.50. The smallest absolute Gasteiger partial charge is 0.351 e. The van der Waals surface area contributed by atoms with Crippen molar-refractivity contribution < 1.29 is 31.1 Å². The summed E-state index contributed by atoms with van der Waals surface area (Å²) in [7, 11) is 1.63. The minimum absolute atomic E-state index is 0.0363. The summed E-state index contributed by atoms with van der Waals surface area (Å²) < 4.78 is 81.4. The number of carbonyl (C=O) groups excluding carboxylic acids is 1. The number of alkyl halides is 6. The van der Waals surface area contributed by atoms with Crippen molar-refractivity contribution in [2.45, 2.75) is 69.9 Å². The van der Waals surface area contributed by atoms with Gasteiger partial charge in [-0.15, -0.1) is 0 Å². The van der Waals surface area contributed by atoms with Crippen LogP contribution >= 0.6 is 0 Å². The number of rotatable bonds is 7. The number of anilines is 2. The van der Waals surface area contributed by atoms with E-state index in [-0.39, 0.29) is 17.9 Å². The highest BCUT2D eigenvalue weighted by atomic mass is 19.4. The average molecular weight is 620 g/mol. The molecule has 0 atom stereocenters. The summed E-state index contributed by atoms with van der Waals surface area (Å²) in [6, 6.07) is 6.88. The molecule has 2 aromatic carbocycles. The molecular formula is C30H31F6N7O. The van der Waals surface area contributed by atoms with Crippen LogP contribution in [0.3, 0.4) is 0 Å². The molecule has 5 rings (SSSR count). The van der Waals surface area contributed by atoms with Crippen LogP contribution in [0.25, 0.3) is 22.2 Å². The highest BCUT2D eigenvalue weighted by molar-refractivity contribution is 5.93. The van der Waals surface area contributed by atoms with E-state index in [2.05, 4.69) is 20.7 Å². The Labute approximate surface area is 249 Å². The van der Waals surface area contributed by atoms with Crippen LogP contribution in [0, 0.1) is 0 Å². The molecule has 0 aliphatic heterocycles. The van der Waals surface area contributed by atoms with Crippen LogP contribution in [0.1, 0.15) is 54.9 Å². The largest absolute Gasteiger partial charge is 0.416 e. The van der Waals surface area contributed by atoms with E-state index >= 15 is 0 Å². The van der Waals surface area contributed by atoms with Gasteiger partial charge in [-0.3, -0.25) is 9.48 Å². The van der Waals surface area contributed by atoms with E-state index in [9.17, 15) is 31.1 Å². The van der Waals surface area contributed by atoms with Gasteiger partial charge in [0.15, 0.2) is 5.82 Å². The Morgan fingerprint density at radius 3 is 2.39 bits per heavy atom. The maximum atomic E-state index is 13.5. The molecule has 0 bridgehead atoms. The number of halogens is 6. The van der Waals surface area contributed by atoms with Crippen LogP contribution in [0.2, 0.25) is 0 Å². The Hall–Kier alpha value is -4.20. The van der Waals surface area contributed by atoms with Gasteiger partial charge in [-0.05, 0) is 73.6 Å². The lowest BCUT2D eigenvalue weighted by Gasteiger charge is -2.26. The Morgan fingerprint density at radius 1 is 1.00 bits per heavy atom. The molecule has 2 aromatic heterocycles. The van der Waals surface area contributed by atoms with Gasteiger partial charge in [-0.25, -0.2) is 9.97 Å². The number of hydrogen-bond acceptors (Lipinski definition) is 6. The summed E-state index contributed by atoms with van der Waals surface area (Å²) in [5.41, 5.74) is 5.71. The van der Waals surface area contributed by atoms with E-state index in [1.54, 1.807) is 19.3 Å². The van der Waals surface area contributed by atoms with Crippen molar-refractivity contribution >= 4 is 28.6 Å². The molecule has 1 fully saturated rings. The second-order valence-electron chi connectivity index (χ2n) is 11.0. The van der Waals surface area contributed by atoms with Crippen LogP contribution in [0.5, 0.6) is 0 Å². The molecule has 0 unspecified atom stereocenters. The third-order valence-electron chi connectivity index (χ3n) is 7.78. The fraction of sp³-hybridized carbons (Fsp3) is 0.400. The zero-order chi connectivity index (χ0) is 31.8. The predicted octanol–water partition coefficient (Wildman–Crippen LogP) is 6.49. The molecule has 234 valence electrons. The summed E-state index contributed by atoms with van der Waals surface area (Å²) in [5, 5.41) is 10.9. The number of fused-ring (bicyclic) bond motifs is 1. The van der Waals surface area contributed by atoms with Crippen LogP contribution in [0.15, 0.2) is 42.6 Å². The SMILES string of the molecule is CCc1cc(-c2cc(NC(=O)Cc3cc(C(F)(F)F)ccc3C(F)(F)F)nn2C)cc2cnc(N[C@H]3CC[C@H](N)CC3)nc12. The number of nitrogens with zero attached hydrogens (tertiary/aromatic N) is 4. The lowest BCUT2D eigenvalue weighted by Crippen LogP contribution is -2.33. The number of benzene rings is 2. The van der Waals surface area contributed by atoms with Gasteiger partial charge in [0.05, 0.1) is 28.8 Å². The van der Waals surface area contributed by atoms with Crippen molar-refractivity contribution in [3.63, 3.8) is 0 Å². The van der Waals surface area contributed by atoms with Crippen molar-refractivity contribution in [2.24, 2.45) is 12.8 Å². The monoisotopic (exact) mass is 619 g/mol. The van der Waals surface area contributed by atoms with Gasteiger partial charge in [0, 0.05) is 42.3 Å². The zero-order valence-electron chi connectivity index (χ0n) is 24.0. The number of aromatic nitrogens is 4. The molecule has 1 saturated carbocycles. The predicted molar refractivity (Wildman–Crippen MR) is 154 cm³/mol. The minimum atomic E-state index is -4.93. The lowest BCUT2D eigenvalue weighted by molar-refractivity contribution is -0.142. The van der Waals surface area contributed by atoms with Gasteiger partial charge in [0.1, 0.15) is 0 Å². The Bertz CT molecular complexity index is 1670. The molecule has 0 saturated heterocycles. The van der Waals surface area contributed by atoms with E-state index in [0.717, 1.165) is 47.7 Å². The molecule has 0 radical (unpaired) electrons. The van der Waals surface area contributed by atoms with Crippen LogP contribution < -0.4 is 16.4 Å². The van der Waals surface area contributed by atoms with Crippen molar-refractivity contribution in [1.29, 1.82) is 0 Å². The Balaban J connectivity index is 1.36. The van der Waals surface area contributed by atoms with Gasteiger partial charge >= 0.3 is 12.4 Å². The summed E-state index contributed by atoms with van der Waals surface area (Å²) in [6.45, 7) is 1.99. The van der Waals surface area contributed by atoms with Gasteiger partial charge in [0.2, 0.25) is 11.9 Å². The normalized spacial score (nSPS) is 17.6. The highest BCUT2D eigenvalue weighted by Gasteiger charge is 2.37. The molecule has 8 nitrogen and oxygen atoms in total. The highest BCUT2D eigenvalue weighted by Crippen LogP contribution is 2.37. The van der Waals surface area contributed by atoms with Crippen LogP contribution in [-0.4, -0.2) is 37.7 Å². The zero-order valence-corrected chi connectivity index (χ0v) is 24.0. The van der Waals surface area contributed by atoms with Gasteiger partial charge < -0.3 is 16.4 Å². The first-order chi connectivity index (χ1) is 20.7. The Morgan fingerprint density at radius 2 is 1.73 bits per heavy atom. The third kappa shape index (κ3) is 6.95. The van der Waals surface area contributed by atoms with Crippen molar-refractivity contribution in [3.8, 4) is 11.3 Å².